The van der Waals surface area contributed by atoms with Gasteiger partial charge in [0.2, 0.25) is 17.7 Å². The second-order valence-electron chi connectivity index (χ2n) is 10.8. The lowest BCUT2D eigenvalue weighted by molar-refractivity contribution is -0.144. The number of thioether (sulfide) groups is 1. The van der Waals surface area contributed by atoms with Crippen LogP contribution in [0.3, 0.4) is 0 Å². The molecule has 2 bridgehead atoms. The van der Waals surface area contributed by atoms with Crippen LogP contribution in [0.15, 0.2) is 30.3 Å². The van der Waals surface area contributed by atoms with Gasteiger partial charge in [-0.3, -0.25) is 14.4 Å². The zero-order chi connectivity index (χ0) is 25.5. The predicted molar refractivity (Wildman–Crippen MR) is 137 cm³/mol. The Morgan fingerprint density at radius 1 is 1.20 bits per heavy atom. The highest BCUT2D eigenvalue weighted by Gasteiger charge is 2.76. The van der Waals surface area contributed by atoms with E-state index in [0.717, 1.165) is 18.4 Å². The van der Waals surface area contributed by atoms with Gasteiger partial charge in [-0.05, 0) is 37.7 Å². The first kappa shape index (κ1) is 26.0. The van der Waals surface area contributed by atoms with Crippen LogP contribution in [0.2, 0.25) is 0 Å². The van der Waals surface area contributed by atoms with E-state index >= 15 is 0 Å². The van der Waals surface area contributed by atoms with E-state index in [9.17, 15) is 19.5 Å². The molecule has 192 valence electrons. The number of likely N-dealkylation sites (tertiary alicyclic amines) is 1. The lowest BCUT2D eigenvalue weighted by Crippen LogP contribution is -2.60. The molecule has 3 N–H and O–H groups in total. The van der Waals surface area contributed by atoms with Crippen molar-refractivity contribution < 1.29 is 19.5 Å². The van der Waals surface area contributed by atoms with Crippen LogP contribution >= 0.6 is 11.8 Å². The highest BCUT2D eigenvalue weighted by molar-refractivity contribution is 8.02. The summed E-state index contributed by atoms with van der Waals surface area (Å²) in [5, 5.41) is 16.5. The summed E-state index contributed by atoms with van der Waals surface area (Å²) in [4.78, 5) is 43.1. The first-order valence-corrected chi connectivity index (χ1v) is 13.8. The first-order valence-electron chi connectivity index (χ1n) is 12.9. The number of rotatable bonds is 9. The van der Waals surface area contributed by atoms with Crippen molar-refractivity contribution in [1.82, 2.24) is 15.5 Å². The fourth-order valence-electron chi connectivity index (χ4n) is 6.50. The van der Waals surface area contributed by atoms with Gasteiger partial charge in [-0.2, -0.15) is 0 Å². The van der Waals surface area contributed by atoms with Gasteiger partial charge in [0.15, 0.2) is 0 Å². The molecule has 3 aliphatic rings. The molecule has 3 unspecified atom stereocenters. The number of carbonyl (C=O) groups is 3. The maximum absolute atomic E-state index is 14.2. The predicted octanol–water partition coefficient (Wildman–Crippen LogP) is 2.57. The van der Waals surface area contributed by atoms with Crippen LogP contribution in [-0.4, -0.2) is 62.5 Å². The van der Waals surface area contributed by atoms with E-state index in [1.807, 2.05) is 58.0 Å². The van der Waals surface area contributed by atoms with E-state index in [4.69, 9.17) is 0 Å². The van der Waals surface area contributed by atoms with Crippen molar-refractivity contribution in [3.8, 4) is 0 Å². The summed E-state index contributed by atoms with van der Waals surface area (Å²) >= 11 is 1.67. The Morgan fingerprint density at radius 3 is 2.49 bits per heavy atom. The van der Waals surface area contributed by atoms with Crippen LogP contribution < -0.4 is 10.6 Å². The number of benzene rings is 1. The monoisotopic (exact) mass is 501 g/mol. The maximum Gasteiger partial charge on any atom is 0.244 e. The van der Waals surface area contributed by atoms with Gasteiger partial charge in [0.05, 0.1) is 29.2 Å². The lowest BCUT2D eigenvalue weighted by Gasteiger charge is -2.41. The van der Waals surface area contributed by atoms with Gasteiger partial charge in [0.25, 0.3) is 0 Å². The van der Waals surface area contributed by atoms with Crippen molar-refractivity contribution in [3.05, 3.63) is 35.9 Å². The quantitative estimate of drug-likeness (QED) is 0.483. The van der Waals surface area contributed by atoms with Crippen molar-refractivity contribution in [3.63, 3.8) is 0 Å². The van der Waals surface area contributed by atoms with E-state index in [2.05, 4.69) is 17.6 Å². The average molecular weight is 502 g/mol. The van der Waals surface area contributed by atoms with Crippen molar-refractivity contribution in [2.45, 2.75) is 82.1 Å². The van der Waals surface area contributed by atoms with Crippen molar-refractivity contribution in [2.75, 3.05) is 6.61 Å². The minimum absolute atomic E-state index is 0.00222. The van der Waals surface area contributed by atoms with Crippen LogP contribution in [-0.2, 0) is 20.9 Å². The zero-order valence-electron chi connectivity index (χ0n) is 21.4. The molecular formula is C27H39N3O4S. The molecule has 7 nitrogen and oxygen atoms in total. The van der Waals surface area contributed by atoms with E-state index in [-0.39, 0.29) is 47.5 Å². The van der Waals surface area contributed by atoms with Gasteiger partial charge < -0.3 is 20.6 Å². The molecule has 0 saturated carbocycles. The molecule has 8 atom stereocenters. The summed E-state index contributed by atoms with van der Waals surface area (Å²) in [5.41, 5.74) is 1.01. The summed E-state index contributed by atoms with van der Waals surface area (Å²) in [6.07, 6.45) is 1.57. The number of nitrogens with zero attached hydrogens (tertiary/aromatic N) is 1. The number of nitrogens with one attached hydrogen (secondary N) is 2. The van der Waals surface area contributed by atoms with Crippen molar-refractivity contribution in [2.24, 2.45) is 23.7 Å². The molecule has 3 saturated heterocycles. The third kappa shape index (κ3) is 4.26. The van der Waals surface area contributed by atoms with Crippen molar-refractivity contribution >= 4 is 29.5 Å². The summed E-state index contributed by atoms with van der Waals surface area (Å²) in [6, 6.07) is 8.50. The van der Waals surface area contributed by atoms with Gasteiger partial charge >= 0.3 is 0 Å². The Bertz CT molecular complexity index is 957. The normalized spacial score (nSPS) is 33.1. The lowest BCUT2D eigenvalue weighted by atomic mass is 9.65. The largest absolute Gasteiger partial charge is 0.394 e. The SMILES string of the molecule is CC[C@H](C)[C@H](CO)N1C(=O)[C@@H]2[C@@H](C(=O)NCc3ccccc3)[C@H]3CC(C)C2(S3)C1C(=O)NC(C)C. The topological polar surface area (TPSA) is 98.7 Å². The summed E-state index contributed by atoms with van der Waals surface area (Å²) in [7, 11) is 0. The minimum Gasteiger partial charge on any atom is -0.394 e. The summed E-state index contributed by atoms with van der Waals surface area (Å²) in [5.74, 6) is -1.38. The fourth-order valence-corrected chi connectivity index (χ4v) is 8.91. The Labute approximate surface area is 212 Å². The summed E-state index contributed by atoms with van der Waals surface area (Å²) in [6.45, 7) is 10.2. The number of aliphatic hydroxyl groups excluding tert-OH is 1. The molecular weight excluding hydrogens is 462 g/mol. The number of fused-ring (bicyclic) bond motifs is 1. The number of hydrogen-bond acceptors (Lipinski definition) is 5. The van der Waals surface area contributed by atoms with Gasteiger partial charge in [-0.25, -0.2) is 0 Å². The molecule has 1 spiro atoms. The van der Waals surface area contributed by atoms with E-state index in [1.165, 1.54) is 0 Å². The number of carbonyl (C=O) groups excluding carboxylic acids is 3. The fraction of sp³-hybridized carbons (Fsp3) is 0.667. The molecule has 8 heteroatoms. The zero-order valence-corrected chi connectivity index (χ0v) is 22.2. The Kier molecular flexibility index (Phi) is 7.53. The van der Waals surface area contributed by atoms with Crippen LogP contribution in [0.5, 0.6) is 0 Å². The Hall–Kier alpha value is -2.06. The molecule has 3 fully saturated rings. The number of hydrogen-bond donors (Lipinski definition) is 3. The summed E-state index contributed by atoms with van der Waals surface area (Å²) < 4.78 is -0.670. The van der Waals surface area contributed by atoms with Crippen LogP contribution in [0.25, 0.3) is 0 Å². The first-order chi connectivity index (χ1) is 16.7. The van der Waals surface area contributed by atoms with Crippen molar-refractivity contribution in [1.29, 1.82) is 0 Å². The van der Waals surface area contributed by atoms with E-state index in [1.54, 1.807) is 16.7 Å². The van der Waals surface area contributed by atoms with Gasteiger partial charge in [-0.1, -0.05) is 57.5 Å². The van der Waals surface area contributed by atoms with E-state index in [0.29, 0.717) is 6.54 Å². The molecule has 0 aromatic heterocycles. The van der Waals surface area contributed by atoms with Gasteiger partial charge in [0, 0.05) is 17.8 Å². The highest BCUT2D eigenvalue weighted by atomic mass is 32.2. The average Bonchev–Trinajstić information content (AvgIpc) is 3.42. The molecule has 4 rings (SSSR count). The Morgan fingerprint density at radius 2 is 1.89 bits per heavy atom. The van der Waals surface area contributed by atoms with E-state index < -0.39 is 28.7 Å². The van der Waals surface area contributed by atoms with Crippen LogP contribution in [0.4, 0.5) is 0 Å². The second-order valence-corrected chi connectivity index (χ2v) is 12.3. The smallest absolute Gasteiger partial charge is 0.244 e. The number of amides is 3. The molecule has 1 aromatic rings. The molecule has 35 heavy (non-hydrogen) atoms. The van der Waals surface area contributed by atoms with Gasteiger partial charge in [-0.15, -0.1) is 11.8 Å². The molecule has 0 aliphatic carbocycles. The molecule has 1 aromatic carbocycles. The highest BCUT2D eigenvalue weighted by Crippen LogP contribution is 2.68. The molecule has 3 heterocycles. The minimum atomic E-state index is -0.703. The van der Waals surface area contributed by atoms with Crippen LogP contribution in [0, 0.1) is 23.7 Å². The maximum atomic E-state index is 14.2. The third-order valence-corrected chi connectivity index (χ3v) is 10.4. The number of aliphatic hydroxyl groups is 1. The Balaban J connectivity index is 1.70. The molecule has 0 radical (unpaired) electrons. The molecule has 3 amide bonds. The standard InChI is InChI=1S/C27H39N3O4S/c1-6-16(4)19(14-31)30-23(25(33)29-15(2)3)27-17(5)12-20(35-27)21(22(27)26(30)34)24(32)28-13-18-10-8-7-9-11-18/h7-11,15-17,19-23,31H,6,12-14H2,1-5H3,(H,28,32)(H,29,33)/t16-,17?,19-,20+,21-,22-,23?,27?/m0/s1. The van der Waals surface area contributed by atoms with Crippen LogP contribution in [0.1, 0.15) is 53.0 Å². The van der Waals surface area contributed by atoms with Gasteiger partial charge in [0.1, 0.15) is 6.04 Å². The second kappa shape index (κ2) is 10.1. The third-order valence-electron chi connectivity index (χ3n) is 8.32. The molecule has 3 aliphatic heterocycles.